The van der Waals surface area contributed by atoms with Crippen molar-refractivity contribution in [3.8, 4) is 11.1 Å². The number of rotatable bonds is 7. The molecule has 0 spiro atoms. The molecule has 0 unspecified atom stereocenters. The first-order chi connectivity index (χ1) is 11.1. The highest BCUT2D eigenvalue weighted by atomic mass is 16.5. The van der Waals surface area contributed by atoms with E-state index in [9.17, 15) is 9.59 Å². The molecule has 0 amide bonds. The van der Waals surface area contributed by atoms with Gasteiger partial charge in [-0.25, -0.2) is 0 Å². The van der Waals surface area contributed by atoms with Gasteiger partial charge in [-0.3, -0.25) is 9.59 Å². The highest BCUT2D eigenvalue weighted by Gasteiger charge is 2.08. The van der Waals surface area contributed by atoms with Gasteiger partial charge in [0.2, 0.25) is 0 Å². The number of carboxylic acids is 1. The molecule has 120 valence electrons. The van der Waals surface area contributed by atoms with E-state index in [0.717, 1.165) is 23.1 Å². The lowest BCUT2D eigenvalue weighted by molar-refractivity contribution is -0.148. The second-order valence-corrected chi connectivity index (χ2v) is 5.31. The molecule has 0 aromatic heterocycles. The van der Waals surface area contributed by atoms with Gasteiger partial charge in [-0.1, -0.05) is 49.4 Å². The van der Waals surface area contributed by atoms with E-state index >= 15 is 0 Å². The Morgan fingerprint density at radius 3 is 2.30 bits per heavy atom. The highest BCUT2D eigenvalue weighted by Crippen LogP contribution is 2.23. The monoisotopic (exact) mass is 312 g/mol. The van der Waals surface area contributed by atoms with Crippen molar-refractivity contribution in [1.29, 1.82) is 0 Å². The molecule has 2 rings (SSSR count). The fourth-order valence-electron chi connectivity index (χ4n) is 2.29. The molecule has 0 heterocycles. The molecule has 0 aliphatic carbocycles. The van der Waals surface area contributed by atoms with Gasteiger partial charge < -0.3 is 9.84 Å². The zero-order valence-electron chi connectivity index (χ0n) is 13.1. The van der Waals surface area contributed by atoms with Crippen LogP contribution in [0.3, 0.4) is 0 Å². The van der Waals surface area contributed by atoms with Crippen LogP contribution >= 0.6 is 0 Å². The summed E-state index contributed by atoms with van der Waals surface area (Å²) in [5, 5.41) is 8.57. The van der Waals surface area contributed by atoms with Gasteiger partial charge in [0.1, 0.15) is 6.61 Å². The summed E-state index contributed by atoms with van der Waals surface area (Å²) in [6.45, 7) is 2.24. The van der Waals surface area contributed by atoms with Gasteiger partial charge in [-0.2, -0.15) is 0 Å². The zero-order valence-corrected chi connectivity index (χ0v) is 13.1. The third-order valence-electron chi connectivity index (χ3n) is 3.51. The van der Waals surface area contributed by atoms with Gasteiger partial charge in [0.25, 0.3) is 0 Å². The summed E-state index contributed by atoms with van der Waals surface area (Å²) < 4.78 is 5.17. The van der Waals surface area contributed by atoms with Crippen molar-refractivity contribution in [3.63, 3.8) is 0 Å². The van der Waals surface area contributed by atoms with Crippen molar-refractivity contribution in [2.45, 2.75) is 32.8 Å². The third kappa shape index (κ3) is 5.25. The van der Waals surface area contributed by atoms with Crippen LogP contribution in [0.5, 0.6) is 0 Å². The first-order valence-electron chi connectivity index (χ1n) is 7.64. The van der Waals surface area contributed by atoms with E-state index in [0.29, 0.717) is 0 Å². The average Bonchev–Trinajstić information content (AvgIpc) is 2.58. The maximum Gasteiger partial charge on any atom is 0.306 e. The lowest BCUT2D eigenvalue weighted by atomic mass is 9.99. The molecule has 4 heteroatoms. The van der Waals surface area contributed by atoms with Gasteiger partial charge in [0.15, 0.2) is 0 Å². The van der Waals surface area contributed by atoms with E-state index in [-0.39, 0.29) is 19.4 Å². The summed E-state index contributed by atoms with van der Waals surface area (Å²) in [7, 11) is 0. The maximum absolute atomic E-state index is 11.5. The molecular weight excluding hydrogens is 292 g/mol. The van der Waals surface area contributed by atoms with Crippen molar-refractivity contribution < 1.29 is 19.4 Å². The van der Waals surface area contributed by atoms with Crippen molar-refractivity contribution in [1.82, 2.24) is 0 Å². The van der Waals surface area contributed by atoms with E-state index in [1.807, 2.05) is 42.5 Å². The Morgan fingerprint density at radius 1 is 0.957 bits per heavy atom. The predicted octanol–water partition coefficient (Wildman–Crippen LogP) is 3.82. The van der Waals surface area contributed by atoms with Crippen molar-refractivity contribution in [2.24, 2.45) is 0 Å². The predicted molar refractivity (Wildman–Crippen MR) is 87.9 cm³/mol. The van der Waals surface area contributed by atoms with Crippen LogP contribution in [0.4, 0.5) is 0 Å². The summed E-state index contributed by atoms with van der Waals surface area (Å²) in [4.78, 5) is 22.0. The van der Waals surface area contributed by atoms with Crippen LogP contribution < -0.4 is 0 Å². The quantitative estimate of drug-likeness (QED) is 0.789. The average molecular weight is 312 g/mol. The lowest BCUT2D eigenvalue weighted by Crippen LogP contribution is -2.07. The van der Waals surface area contributed by atoms with Crippen LogP contribution in [0.25, 0.3) is 11.1 Å². The maximum atomic E-state index is 11.5. The number of ether oxygens (including phenoxy) is 1. The van der Waals surface area contributed by atoms with Gasteiger partial charge in [-0.15, -0.1) is 0 Å². The Bertz CT molecular complexity index is 677. The molecule has 0 fully saturated rings. The summed E-state index contributed by atoms with van der Waals surface area (Å²) in [5.74, 6) is -1.49. The molecule has 0 bridgehead atoms. The SMILES string of the molecule is CCc1cc(COC(=O)CCC(=O)O)cc(-c2ccccc2)c1. The lowest BCUT2D eigenvalue weighted by Gasteiger charge is -2.10. The minimum Gasteiger partial charge on any atom is -0.481 e. The third-order valence-corrected chi connectivity index (χ3v) is 3.51. The summed E-state index contributed by atoms with van der Waals surface area (Å²) >= 11 is 0. The molecule has 23 heavy (non-hydrogen) atoms. The molecule has 1 N–H and O–H groups in total. The van der Waals surface area contributed by atoms with Gasteiger partial charge in [-0.05, 0) is 34.7 Å². The molecular formula is C19H20O4. The number of benzene rings is 2. The number of carbonyl (C=O) groups is 2. The van der Waals surface area contributed by atoms with Gasteiger partial charge in [0.05, 0.1) is 12.8 Å². The molecule has 0 aliphatic heterocycles. The Kier molecular flexibility index (Phi) is 5.92. The summed E-state index contributed by atoms with van der Waals surface area (Å²) in [5.41, 5.74) is 4.28. The molecule has 0 atom stereocenters. The Labute approximate surface area is 135 Å². The normalized spacial score (nSPS) is 10.3. The van der Waals surface area contributed by atoms with Crippen LogP contribution in [0, 0.1) is 0 Å². The van der Waals surface area contributed by atoms with Crippen LogP contribution in [-0.4, -0.2) is 17.0 Å². The summed E-state index contributed by atoms with van der Waals surface area (Å²) in [6, 6.07) is 16.2. The van der Waals surface area contributed by atoms with E-state index in [1.165, 1.54) is 5.56 Å². The number of hydrogen-bond acceptors (Lipinski definition) is 3. The largest absolute Gasteiger partial charge is 0.481 e. The van der Waals surface area contributed by atoms with Crippen LogP contribution in [0.2, 0.25) is 0 Å². The second kappa shape index (κ2) is 8.13. The van der Waals surface area contributed by atoms with Crippen molar-refractivity contribution >= 4 is 11.9 Å². The van der Waals surface area contributed by atoms with Crippen LogP contribution in [0.15, 0.2) is 48.5 Å². The van der Waals surface area contributed by atoms with Crippen LogP contribution in [0.1, 0.15) is 30.9 Å². The molecule has 0 radical (unpaired) electrons. The smallest absolute Gasteiger partial charge is 0.306 e. The molecule has 2 aromatic rings. The van der Waals surface area contributed by atoms with E-state index < -0.39 is 11.9 Å². The Morgan fingerprint density at radius 2 is 1.65 bits per heavy atom. The molecule has 4 nitrogen and oxygen atoms in total. The molecule has 2 aromatic carbocycles. The van der Waals surface area contributed by atoms with E-state index in [4.69, 9.17) is 9.84 Å². The van der Waals surface area contributed by atoms with Crippen molar-refractivity contribution in [3.05, 3.63) is 59.7 Å². The molecule has 0 aliphatic rings. The number of aliphatic carboxylic acids is 1. The zero-order chi connectivity index (χ0) is 16.7. The van der Waals surface area contributed by atoms with Crippen LogP contribution in [-0.2, 0) is 27.4 Å². The number of carbonyl (C=O) groups excluding carboxylic acids is 1. The van der Waals surface area contributed by atoms with Crippen molar-refractivity contribution in [2.75, 3.05) is 0 Å². The first-order valence-corrected chi connectivity index (χ1v) is 7.64. The fraction of sp³-hybridized carbons (Fsp3) is 0.263. The Balaban J connectivity index is 2.10. The van der Waals surface area contributed by atoms with E-state index in [1.54, 1.807) is 0 Å². The fourth-order valence-corrected chi connectivity index (χ4v) is 2.29. The standard InChI is InChI=1S/C19H20O4/c1-2-14-10-15(13-23-19(22)9-8-18(20)21)12-17(11-14)16-6-4-3-5-7-16/h3-7,10-12H,2,8-9,13H2,1H3,(H,20,21). The number of carboxylic acid groups (broad SMARTS) is 1. The van der Waals surface area contributed by atoms with Gasteiger partial charge in [0, 0.05) is 0 Å². The number of esters is 1. The Hall–Kier alpha value is -2.62. The number of hydrogen-bond donors (Lipinski definition) is 1. The molecule has 0 saturated heterocycles. The van der Waals surface area contributed by atoms with Gasteiger partial charge >= 0.3 is 11.9 Å². The first kappa shape index (κ1) is 16.7. The molecule has 0 saturated carbocycles. The topological polar surface area (TPSA) is 63.6 Å². The minimum atomic E-state index is -0.999. The second-order valence-electron chi connectivity index (χ2n) is 5.31. The highest BCUT2D eigenvalue weighted by molar-refractivity contribution is 5.76. The number of aryl methyl sites for hydroxylation is 1. The minimum absolute atomic E-state index is 0.103. The van der Waals surface area contributed by atoms with E-state index in [2.05, 4.69) is 13.0 Å². The summed E-state index contributed by atoms with van der Waals surface area (Å²) in [6.07, 6.45) is 0.581.